The van der Waals surface area contributed by atoms with Gasteiger partial charge in [-0.3, -0.25) is 14.1 Å². The van der Waals surface area contributed by atoms with Crippen molar-refractivity contribution in [1.29, 1.82) is 0 Å². The molecule has 3 N–H and O–H groups in total. The maximum atomic E-state index is 11.2. The highest BCUT2D eigenvalue weighted by atomic mass is 32.2. The van der Waals surface area contributed by atoms with E-state index in [2.05, 4.69) is 11.3 Å². The van der Waals surface area contributed by atoms with E-state index in [4.69, 9.17) is 14.8 Å². The molecule has 0 fully saturated rings. The normalized spacial score (nSPS) is 14.1. The SMILES string of the molecule is C=C(C)C(=O)OCCC(CC(=O)O)(C(=O)O)S(=O)(=O)O. The summed E-state index contributed by atoms with van der Waals surface area (Å²) < 4.78 is 32.9. The summed E-state index contributed by atoms with van der Waals surface area (Å²) in [6, 6.07) is 0. The third kappa shape index (κ3) is 4.31. The summed E-state index contributed by atoms with van der Waals surface area (Å²) >= 11 is 0. The maximum Gasteiger partial charge on any atom is 0.333 e. The predicted molar refractivity (Wildman–Crippen MR) is 64.6 cm³/mol. The molecule has 0 saturated carbocycles. The Balaban J connectivity index is 5.24. The van der Waals surface area contributed by atoms with Crippen LogP contribution in [0.1, 0.15) is 19.8 Å². The third-order valence-electron chi connectivity index (χ3n) is 2.41. The largest absolute Gasteiger partial charge is 0.481 e. The second kappa shape index (κ2) is 6.48. The van der Waals surface area contributed by atoms with Crippen molar-refractivity contribution in [3.8, 4) is 0 Å². The van der Waals surface area contributed by atoms with Crippen LogP contribution in [0.25, 0.3) is 0 Å². The molecule has 0 rings (SSSR count). The van der Waals surface area contributed by atoms with Gasteiger partial charge >= 0.3 is 17.9 Å². The molecular formula is C10H14O9S. The molecular weight excluding hydrogens is 296 g/mol. The Hall–Kier alpha value is -1.94. The van der Waals surface area contributed by atoms with Crippen LogP contribution in [0, 0.1) is 0 Å². The lowest BCUT2D eigenvalue weighted by atomic mass is 10.0. The standard InChI is InChI=1S/C10H14O9S/c1-6(2)8(13)19-4-3-10(9(14)15,5-7(11)12)20(16,17)18/h1,3-5H2,2H3,(H,11,12)(H,14,15)(H,16,17,18). The van der Waals surface area contributed by atoms with E-state index in [1.54, 1.807) is 0 Å². The molecule has 1 unspecified atom stereocenters. The summed E-state index contributed by atoms with van der Waals surface area (Å²) in [6.45, 7) is 3.86. The van der Waals surface area contributed by atoms with E-state index in [-0.39, 0.29) is 5.57 Å². The fourth-order valence-corrected chi connectivity index (χ4v) is 2.15. The highest BCUT2D eigenvalue weighted by Gasteiger charge is 2.52. The fourth-order valence-electron chi connectivity index (χ4n) is 1.28. The van der Waals surface area contributed by atoms with Crippen LogP contribution in [0.15, 0.2) is 12.2 Å². The monoisotopic (exact) mass is 310 g/mol. The Morgan fingerprint density at radius 2 is 1.75 bits per heavy atom. The molecule has 0 aliphatic carbocycles. The zero-order valence-corrected chi connectivity index (χ0v) is 11.3. The molecule has 114 valence electrons. The smallest absolute Gasteiger partial charge is 0.333 e. The van der Waals surface area contributed by atoms with Gasteiger partial charge in [0.15, 0.2) is 0 Å². The molecule has 0 aromatic heterocycles. The second-order valence-electron chi connectivity index (χ2n) is 4.01. The number of carboxylic acids is 2. The minimum absolute atomic E-state index is 0.00369. The van der Waals surface area contributed by atoms with Gasteiger partial charge in [-0.15, -0.1) is 0 Å². The molecule has 0 bridgehead atoms. The van der Waals surface area contributed by atoms with Gasteiger partial charge in [0.25, 0.3) is 10.1 Å². The molecule has 0 spiro atoms. The molecule has 0 aromatic carbocycles. The fraction of sp³-hybridized carbons (Fsp3) is 0.500. The topological polar surface area (TPSA) is 155 Å². The van der Waals surface area contributed by atoms with Gasteiger partial charge in [-0.05, 0) is 6.92 Å². The highest BCUT2D eigenvalue weighted by molar-refractivity contribution is 7.88. The first-order valence-corrected chi connectivity index (χ1v) is 6.63. The van der Waals surface area contributed by atoms with Crippen LogP contribution in [0.2, 0.25) is 0 Å². The summed E-state index contributed by atoms with van der Waals surface area (Å²) in [4.78, 5) is 32.7. The van der Waals surface area contributed by atoms with E-state index in [1.165, 1.54) is 6.92 Å². The zero-order chi connectivity index (χ0) is 16.1. The number of carboxylic acid groups (broad SMARTS) is 2. The van der Waals surface area contributed by atoms with Crippen LogP contribution < -0.4 is 0 Å². The van der Waals surface area contributed by atoms with Gasteiger partial charge in [-0.1, -0.05) is 6.58 Å². The van der Waals surface area contributed by atoms with Gasteiger partial charge in [0.1, 0.15) is 0 Å². The lowest BCUT2D eigenvalue weighted by molar-refractivity contribution is -0.148. The number of hydrogen-bond acceptors (Lipinski definition) is 6. The lowest BCUT2D eigenvalue weighted by Crippen LogP contribution is -2.49. The molecule has 0 heterocycles. The van der Waals surface area contributed by atoms with Crippen LogP contribution in [-0.2, 0) is 29.2 Å². The van der Waals surface area contributed by atoms with Crippen molar-refractivity contribution >= 4 is 28.0 Å². The number of aliphatic carboxylic acids is 2. The Kier molecular flexibility index (Phi) is 5.85. The Bertz CT molecular complexity index is 533. The third-order valence-corrected chi connectivity index (χ3v) is 3.92. The molecule has 0 aromatic rings. The average Bonchev–Trinajstić information content (AvgIpc) is 2.24. The van der Waals surface area contributed by atoms with Gasteiger partial charge in [0.05, 0.1) is 13.0 Å². The van der Waals surface area contributed by atoms with Crippen molar-refractivity contribution in [3.63, 3.8) is 0 Å². The summed E-state index contributed by atoms with van der Waals surface area (Å²) in [5, 5.41) is 17.5. The van der Waals surface area contributed by atoms with E-state index in [9.17, 15) is 22.8 Å². The second-order valence-corrected chi connectivity index (χ2v) is 5.74. The van der Waals surface area contributed by atoms with E-state index >= 15 is 0 Å². The van der Waals surface area contributed by atoms with Crippen LogP contribution >= 0.6 is 0 Å². The van der Waals surface area contributed by atoms with Crippen LogP contribution in [0.5, 0.6) is 0 Å². The molecule has 0 aliphatic rings. The number of carbonyl (C=O) groups excluding carboxylic acids is 1. The average molecular weight is 310 g/mol. The van der Waals surface area contributed by atoms with E-state index < -0.39 is 52.2 Å². The van der Waals surface area contributed by atoms with Crippen LogP contribution in [0.3, 0.4) is 0 Å². The molecule has 20 heavy (non-hydrogen) atoms. The van der Waals surface area contributed by atoms with Gasteiger partial charge < -0.3 is 14.9 Å². The Morgan fingerprint density at radius 1 is 1.25 bits per heavy atom. The lowest BCUT2D eigenvalue weighted by Gasteiger charge is -2.24. The van der Waals surface area contributed by atoms with Crippen LogP contribution in [-0.4, -0.2) is 52.4 Å². The Labute approximate surface area is 114 Å². The quantitative estimate of drug-likeness (QED) is 0.310. The van der Waals surface area contributed by atoms with Crippen molar-refractivity contribution < 1.29 is 42.3 Å². The highest BCUT2D eigenvalue weighted by Crippen LogP contribution is 2.26. The first-order valence-electron chi connectivity index (χ1n) is 5.19. The molecule has 0 amide bonds. The Morgan fingerprint density at radius 3 is 2.05 bits per heavy atom. The number of esters is 1. The van der Waals surface area contributed by atoms with Crippen molar-refractivity contribution in [3.05, 3.63) is 12.2 Å². The number of hydrogen-bond donors (Lipinski definition) is 3. The van der Waals surface area contributed by atoms with E-state index in [0.717, 1.165) is 0 Å². The first kappa shape index (κ1) is 18.1. The minimum atomic E-state index is -5.23. The van der Waals surface area contributed by atoms with Crippen molar-refractivity contribution in [2.24, 2.45) is 0 Å². The van der Waals surface area contributed by atoms with E-state index in [0.29, 0.717) is 0 Å². The maximum absolute atomic E-state index is 11.2. The molecule has 10 heteroatoms. The summed E-state index contributed by atoms with van der Waals surface area (Å²) in [6.07, 6.45) is -2.28. The van der Waals surface area contributed by atoms with Crippen molar-refractivity contribution in [2.75, 3.05) is 6.61 Å². The predicted octanol–water partition coefficient (Wildman–Crippen LogP) is -0.318. The van der Waals surface area contributed by atoms with Crippen LogP contribution in [0.4, 0.5) is 0 Å². The molecule has 9 nitrogen and oxygen atoms in total. The van der Waals surface area contributed by atoms with Crippen molar-refractivity contribution in [2.45, 2.75) is 24.5 Å². The van der Waals surface area contributed by atoms with Gasteiger partial charge in [0.2, 0.25) is 4.75 Å². The summed E-state index contributed by atoms with van der Waals surface area (Å²) in [5.74, 6) is -4.68. The molecule has 0 radical (unpaired) electrons. The van der Waals surface area contributed by atoms with Gasteiger partial charge in [-0.25, -0.2) is 4.79 Å². The first-order chi connectivity index (χ1) is 8.94. The van der Waals surface area contributed by atoms with E-state index in [1.807, 2.05) is 0 Å². The van der Waals surface area contributed by atoms with Crippen molar-refractivity contribution in [1.82, 2.24) is 0 Å². The minimum Gasteiger partial charge on any atom is -0.481 e. The summed E-state index contributed by atoms with van der Waals surface area (Å²) in [7, 11) is -5.23. The zero-order valence-electron chi connectivity index (χ0n) is 10.5. The van der Waals surface area contributed by atoms with Gasteiger partial charge in [0, 0.05) is 12.0 Å². The van der Waals surface area contributed by atoms with Gasteiger partial charge in [-0.2, -0.15) is 8.42 Å². The molecule has 0 saturated heterocycles. The number of ether oxygens (including phenoxy) is 1. The number of carbonyl (C=O) groups is 3. The molecule has 0 aliphatic heterocycles. The molecule has 1 atom stereocenters. The number of rotatable bonds is 8. The summed E-state index contributed by atoms with van der Waals surface area (Å²) in [5.41, 5.74) is -0.00369.